The Kier molecular flexibility index (Phi) is 7.20. The Morgan fingerprint density at radius 3 is 2.28 bits per heavy atom. The molecule has 0 aliphatic carbocycles. The second kappa shape index (κ2) is 8.13. The topological polar surface area (TPSA) is 18.5 Å². The van der Waals surface area contributed by atoms with E-state index in [2.05, 4.69) is 49.9 Å². The van der Waals surface area contributed by atoms with Gasteiger partial charge in [-0.2, -0.15) is 0 Å². The predicted octanol–water partition coefficient (Wildman–Crippen LogP) is 2.18. The summed E-state index contributed by atoms with van der Waals surface area (Å²) in [7, 11) is 2.32. The van der Waals surface area contributed by atoms with Crippen molar-refractivity contribution in [2.45, 2.75) is 65.1 Å². The Labute approximate surface area is 114 Å². The second-order valence-electron chi connectivity index (χ2n) is 5.64. The van der Waals surface area contributed by atoms with Gasteiger partial charge in [0.05, 0.1) is 0 Å². The van der Waals surface area contributed by atoms with Crippen LogP contribution in [0.25, 0.3) is 0 Å². The van der Waals surface area contributed by atoms with Crippen molar-refractivity contribution in [1.29, 1.82) is 0 Å². The predicted molar refractivity (Wildman–Crippen MR) is 80.1 cm³/mol. The summed E-state index contributed by atoms with van der Waals surface area (Å²) in [5.41, 5.74) is 0. The van der Waals surface area contributed by atoms with Gasteiger partial charge in [0, 0.05) is 18.1 Å². The molecule has 1 fully saturated rings. The zero-order chi connectivity index (χ0) is 13.5. The highest BCUT2D eigenvalue weighted by atomic mass is 15.2. The van der Waals surface area contributed by atoms with Gasteiger partial charge in [-0.1, -0.05) is 20.8 Å². The molecule has 1 heterocycles. The number of hydrogen-bond donors (Lipinski definition) is 1. The second-order valence-corrected chi connectivity index (χ2v) is 5.64. The van der Waals surface area contributed by atoms with Gasteiger partial charge in [-0.25, -0.2) is 0 Å². The molecule has 0 bridgehead atoms. The minimum absolute atomic E-state index is 0.629. The quantitative estimate of drug-likeness (QED) is 0.752. The number of nitrogens with one attached hydrogen (secondary N) is 1. The number of likely N-dealkylation sites (tertiary alicyclic amines) is 1. The zero-order valence-electron chi connectivity index (χ0n) is 13.1. The van der Waals surface area contributed by atoms with Crippen LogP contribution in [0.4, 0.5) is 0 Å². The maximum atomic E-state index is 3.62. The standard InChI is InChI=1S/C15H33N3/c1-6-15(16-7-2)13(4)17(5)14-9-11-18(8-3)12-10-14/h13-16H,6-12H2,1-5H3. The van der Waals surface area contributed by atoms with Gasteiger partial charge < -0.3 is 10.2 Å². The number of piperidine rings is 1. The molecular formula is C15H33N3. The molecule has 2 atom stereocenters. The lowest BCUT2D eigenvalue weighted by molar-refractivity contribution is 0.0879. The molecule has 3 nitrogen and oxygen atoms in total. The van der Waals surface area contributed by atoms with Gasteiger partial charge >= 0.3 is 0 Å². The molecule has 1 rings (SSSR count). The van der Waals surface area contributed by atoms with Gasteiger partial charge in [0.2, 0.25) is 0 Å². The molecule has 1 saturated heterocycles. The van der Waals surface area contributed by atoms with Crippen molar-refractivity contribution >= 4 is 0 Å². The van der Waals surface area contributed by atoms with E-state index in [0.29, 0.717) is 12.1 Å². The van der Waals surface area contributed by atoms with Crippen LogP contribution >= 0.6 is 0 Å². The molecule has 2 unspecified atom stereocenters. The molecule has 0 amide bonds. The van der Waals surface area contributed by atoms with Crippen LogP contribution in [-0.2, 0) is 0 Å². The summed E-state index contributed by atoms with van der Waals surface area (Å²) in [5, 5.41) is 3.62. The van der Waals surface area contributed by atoms with Crippen molar-refractivity contribution in [1.82, 2.24) is 15.1 Å². The van der Waals surface area contributed by atoms with E-state index < -0.39 is 0 Å². The van der Waals surface area contributed by atoms with Gasteiger partial charge in [0.1, 0.15) is 0 Å². The SMILES string of the molecule is CCNC(CC)C(C)N(C)C1CCN(CC)CC1. The lowest BCUT2D eigenvalue weighted by Gasteiger charge is -2.41. The largest absolute Gasteiger partial charge is 0.313 e. The third kappa shape index (κ3) is 4.22. The molecule has 108 valence electrons. The van der Waals surface area contributed by atoms with Crippen LogP contribution in [0.2, 0.25) is 0 Å². The van der Waals surface area contributed by atoms with Crippen LogP contribution in [0.15, 0.2) is 0 Å². The average Bonchev–Trinajstić information content (AvgIpc) is 2.43. The van der Waals surface area contributed by atoms with E-state index in [1.165, 1.54) is 38.9 Å². The molecule has 1 N–H and O–H groups in total. The number of rotatable bonds is 7. The molecular weight excluding hydrogens is 222 g/mol. The summed E-state index contributed by atoms with van der Waals surface area (Å²) in [5.74, 6) is 0. The molecule has 0 saturated carbocycles. The van der Waals surface area contributed by atoms with Gasteiger partial charge in [0.25, 0.3) is 0 Å². The number of nitrogens with zero attached hydrogens (tertiary/aromatic N) is 2. The summed E-state index contributed by atoms with van der Waals surface area (Å²) >= 11 is 0. The van der Waals surface area contributed by atoms with Gasteiger partial charge in [-0.05, 0) is 59.4 Å². The average molecular weight is 255 g/mol. The zero-order valence-corrected chi connectivity index (χ0v) is 13.1. The Balaban J connectivity index is 2.45. The van der Waals surface area contributed by atoms with E-state index in [9.17, 15) is 0 Å². The molecule has 3 heteroatoms. The molecule has 0 aromatic heterocycles. The lowest BCUT2D eigenvalue weighted by atomic mass is 9.98. The first-order valence-electron chi connectivity index (χ1n) is 7.81. The lowest BCUT2D eigenvalue weighted by Crippen LogP contribution is -2.53. The van der Waals surface area contributed by atoms with Crippen LogP contribution in [0.3, 0.4) is 0 Å². The molecule has 0 aromatic rings. The van der Waals surface area contributed by atoms with E-state index in [4.69, 9.17) is 0 Å². The third-order valence-corrected chi connectivity index (χ3v) is 4.71. The fourth-order valence-corrected chi connectivity index (χ4v) is 3.18. The van der Waals surface area contributed by atoms with E-state index in [0.717, 1.165) is 12.6 Å². The maximum Gasteiger partial charge on any atom is 0.0220 e. The number of likely N-dealkylation sites (N-methyl/N-ethyl adjacent to an activating group) is 2. The number of hydrogen-bond acceptors (Lipinski definition) is 3. The Morgan fingerprint density at radius 1 is 1.22 bits per heavy atom. The van der Waals surface area contributed by atoms with Gasteiger partial charge in [-0.15, -0.1) is 0 Å². The summed E-state index contributed by atoms with van der Waals surface area (Å²) in [6.07, 6.45) is 3.88. The van der Waals surface area contributed by atoms with E-state index >= 15 is 0 Å². The van der Waals surface area contributed by atoms with E-state index in [1.54, 1.807) is 0 Å². The van der Waals surface area contributed by atoms with Crippen molar-refractivity contribution in [2.75, 3.05) is 33.2 Å². The van der Waals surface area contributed by atoms with Crippen LogP contribution < -0.4 is 5.32 Å². The smallest absolute Gasteiger partial charge is 0.0220 e. The van der Waals surface area contributed by atoms with Gasteiger partial charge in [-0.3, -0.25) is 4.90 Å². The highest BCUT2D eigenvalue weighted by Crippen LogP contribution is 2.19. The molecule has 1 aliphatic rings. The summed E-state index contributed by atoms with van der Waals surface area (Å²) in [6.45, 7) is 14.0. The van der Waals surface area contributed by atoms with Crippen molar-refractivity contribution in [3.05, 3.63) is 0 Å². The first-order chi connectivity index (χ1) is 8.63. The molecule has 0 spiro atoms. The van der Waals surface area contributed by atoms with Crippen LogP contribution in [0, 0.1) is 0 Å². The maximum absolute atomic E-state index is 3.62. The van der Waals surface area contributed by atoms with Gasteiger partial charge in [0.15, 0.2) is 0 Å². The van der Waals surface area contributed by atoms with Crippen molar-refractivity contribution in [3.8, 4) is 0 Å². The highest BCUT2D eigenvalue weighted by Gasteiger charge is 2.27. The Bertz CT molecular complexity index is 212. The monoisotopic (exact) mass is 255 g/mol. The first-order valence-corrected chi connectivity index (χ1v) is 7.81. The molecule has 1 aliphatic heterocycles. The third-order valence-electron chi connectivity index (χ3n) is 4.71. The normalized spacial score (nSPS) is 22.3. The van der Waals surface area contributed by atoms with Crippen LogP contribution in [-0.4, -0.2) is 61.2 Å². The minimum atomic E-state index is 0.629. The summed E-state index contributed by atoms with van der Waals surface area (Å²) in [4.78, 5) is 5.18. The van der Waals surface area contributed by atoms with E-state index in [1.807, 2.05) is 0 Å². The minimum Gasteiger partial charge on any atom is -0.313 e. The van der Waals surface area contributed by atoms with Crippen LogP contribution in [0.1, 0.15) is 47.0 Å². The summed E-state index contributed by atoms with van der Waals surface area (Å²) < 4.78 is 0. The van der Waals surface area contributed by atoms with Crippen molar-refractivity contribution in [3.63, 3.8) is 0 Å². The van der Waals surface area contributed by atoms with Crippen molar-refractivity contribution in [2.24, 2.45) is 0 Å². The molecule has 0 radical (unpaired) electrons. The fourth-order valence-electron chi connectivity index (χ4n) is 3.18. The summed E-state index contributed by atoms with van der Waals surface area (Å²) in [6, 6.07) is 2.04. The molecule has 18 heavy (non-hydrogen) atoms. The van der Waals surface area contributed by atoms with Crippen molar-refractivity contribution < 1.29 is 0 Å². The Morgan fingerprint density at radius 2 is 1.83 bits per heavy atom. The first kappa shape index (κ1) is 15.9. The van der Waals surface area contributed by atoms with E-state index in [-0.39, 0.29) is 0 Å². The molecule has 0 aromatic carbocycles. The van der Waals surface area contributed by atoms with Crippen LogP contribution in [0.5, 0.6) is 0 Å². The Hall–Kier alpha value is -0.120. The highest BCUT2D eigenvalue weighted by molar-refractivity contribution is 4.85. The fraction of sp³-hybridized carbons (Fsp3) is 1.00.